The number of rotatable bonds is 2. The van der Waals surface area contributed by atoms with Crippen LogP contribution >= 0.6 is 22.9 Å². The number of hydrogen-bond acceptors (Lipinski definition) is 4. The number of aromatic carboxylic acids is 1. The van der Waals surface area contributed by atoms with Gasteiger partial charge in [-0.2, -0.15) is 0 Å². The molecule has 0 fully saturated rings. The van der Waals surface area contributed by atoms with Crippen molar-refractivity contribution in [3.8, 4) is 10.7 Å². The number of carboxylic acid groups (broad SMARTS) is 1. The summed E-state index contributed by atoms with van der Waals surface area (Å²) in [7, 11) is 0. The van der Waals surface area contributed by atoms with Crippen LogP contribution in [0.2, 0.25) is 5.02 Å². The van der Waals surface area contributed by atoms with Gasteiger partial charge < -0.3 is 10.1 Å². The van der Waals surface area contributed by atoms with Crippen LogP contribution in [0.1, 0.15) is 15.9 Å². The van der Waals surface area contributed by atoms with E-state index in [2.05, 4.69) is 15.0 Å². The standard InChI is InChI=1S/C12H8ClN3O2S/c1-5-4-19-9(7(5)13)11-15-8-6(12(17)18)2-3-14-10(8)16-11/h2-4H,1H3,(H,17,18)(H,14,15,16). The summed E-state index contributed by atoms with van der Waals surface area (Å²) in [4.78, 5) is 23.3. The molecule has 96 valence electrons. The van der Waals surface area contributed by atoms with Gasteiger partial charge in [-0.1, -0.05) is 11.6 Å². The predicted octanol–water partition coefficient (Wildman–Crippen LogP) is 3.35. The molecule has 0 bridgehead atoms. The third kappa shape index (κ3) is 1.89. The van der Waals surface area contributed by atoms with Gasteiger partial charge in [-0.3, -0.25) is 0 Å². The summed E-state index contributed by atoms with van der Waals surface area (Å²) in [6.07, 6.45) is 1.43. The molecule has 0 spiro atoms. The maximum Gasteiger partial charge on any atom is 0.338 e. The highest BCUT2D eigenvalue weighted by atomic mass is 35.5. The summed E-state index contributed by atoms with van der Waals surface area (Å²) in [5.41, 5.74) is 1.89. The molecule has 3 rings (SSSR count). The fourth-order valence-corrected chi connectivity index (χ4v) is 3.01. The van der Waals surface area contributed by atoms with Crippen LogP contribution in [0.5, 0.6) is 0 Å². The Kier molecular flexibility index (Phi) is 2.76. The summed E-state index contributed by atoms with van der Waals surface area (Å²) < 4.78 is 0. The quantitative estimate of drug-likeness (QED) is 0.759. The van der Waals surface area contributed by atoms with E-state index < -0.39 is 5.97 Å². The number of aryl methyl sites for hydroxylation is 1. The SMILES string of the molecule is Cc1csc(-c2nc3nccc(C(=O)O)c3[nH]2)c1Cl. The number of thiophene rings is 1. The molecular weight excluding hydrogens is 286 g/mol. The van der Waals surface area contributed by atoms with Crippen molar-refractivity contribution in [2.24, 2.45) is 0 Å². The monoisotopic (exact) mass is 293 g/mol. The molecule has 0 radical (unpaired) electrons. The van der Waals surface area contributed by atoms with Crippen molar-refractivity contribution in [3.63, 3.8) is 0 Å². The maximum absolute atomic E-state index is 11.1. The van der Waals surface area contributed by atoms with Crippen LogP contribution in [-0.2, 0) is 0 Å². The first-order valence-corrected chi connectivity index (χ1v) is 6.65. The van der Waals surface area contributed by atoms with Gasteiger partial charge in [-0.05, 0) is 23.9 Å². The van der Waals surface area contributed by atoms with Gasteiger partial charge in [0.1, 0.15) is 0 Å². The van der Waals surface area contributed by atoms with Crippen molar-refractivity contribution in [1.29, 1.82) is 0 Å². The van der Waals surface area contributed by atoms with Crippen molar-refractivity contribution in [3.05, 3.63) is 33.8 Å². The van der Waals surface area contributed by atoms with E-state index in [-0.39, 0.29) is 5.56 Å². The number of fused-ring (bicyclic) bond motifs is 1. The predicted molar refractivity (Wildman–Crippen MR) is 73.9 cm³/mol. The second-order valence-electron chi connectivity index (χ2n) is 4.01. The van der Waals surface area contributed by atoms with Gasteiger partial charge in [-0.15, -0.1) is 11.3 Å². The molecule has 0 atom stereocenters. The van der Waals surface area contributed by atoms with E-state index in [9.17, 15) is 4.79 Å². The Balaban J connectivity index is 2.25. The van der Waals surface area contributed by atoms with E-state index in [0.717, 1.165) is 10.4 Å². The van der Waals surface area contributed by atoms with E-state index in [4.69, 9.17) is 16.7 Å². The molecule has 0 aliphatic rings. The van der Waals surface area contributed by atoms with Gasteiger partial charge in [0, 0.05) is 6.20 Å². The highest BCUT2D eigenvalue weighted by Gasteiger charge is 2.17. The highest BCUT2D eigenvalue weighted by Crippen LogP contribution is 2.35. The van der Waals surface area contributed by atoms with Crippen LogP contribution in [0.15, 0.2) is 17.6 Å². The molecule has 0 aliphatic heterocycles. The molecule has 3 heterocycles. The largest absolute Gasteiger partial charge is 0.478 e. The lowest BCUT2D eigenvalue weighted by atomic mass is 10.2. The second kappa shape index (κ2) is 4.32. The number of aromatic nitrogens is 3. The van der Waals surface area contributed by atoms with E-state index in [1.807, 2.05) is 12.3 Å². The molecule has 0 aromatic carbocycles. The first-order valence-electron chi connectivity index (χ1n) is 5.40. The van der Waals surface area contributed by atoms with Gasteiger partial charge in [0.15, 0.2) is 11.5 Å². The second-order valence-corrected chi connectivity index (χ2v) is 5.27. The molecule has 0 amide bonds. The van der Waals surface area contributed by atoms with Crippen LogP contribution in [0.25, 0.3) is 21.9 Å². The molecule has 3 aromatic heterocycles. The summed E-state index contributed by atoms with van der Waals surface area (Å²) in [6.45, 7) is 1.91. The molecule has 2 N–H and O–H groups in total. The van der Waals surface area contributed by atoms with Crippen molar-refractivity contribution in [2.45, 2.75) is 6.92 Å². The van der Waals surface area contributed by atoms with Crippen LogP contribution in [0.4, 0.5) is 0 Å². The number of carbonyl (C=O) groups is 1. The van der Waals surface area contributed by atoms with E-state index in [1.54, 1.807) is 0 Å². The van der Waals surface area contributed by atoms with E-state index in [1.165, 1.54) is 23.6 Å². The zero-order chi connectivity index (χ0) is 13.6. The molecule has 5 nitrogen and oxygen atoms in total. The Morgan fingerprint density at radius 2 is 2.32 bits per heavy atom. The summed E-state index contributed by atoms with van der Waals surface area (Å²) in [5, 5.41) is 11.7. The molecule has 0 saturated carbocycles. The fourth-order valence-electron chi connectivity index (χ4n) is 1.79. The molecule has 7 heteroatoms. The Morgan fingerprint density at radius 1 is 1.53 bits per heavy atom. The normalized spacial score (nSPS) is 11.1. The zero-order valence-corrected chi connectivity index (χ0v) is 11.3. The van der Waals surface area contributed by atoms with E-state index in [0.29, 0.717) is 22.0 Å². The Morgan fingerprint density at radius 3 is 2.95 bits per heavy atom. The summed E-state index contributed by atoms with van der Waals surface area (Å²) in [6, 6.07) is 1.44. The number of imidazole rings is 1. The van der Waals surface area contributed by atoms with Crippen LogP contribution in [0.3, 0.4) is 0 Å². The number of hydrogen-bond donors (Lipinski definition) is 2. The van der Waals surface area contributed by atoms with Crippen molar-refractivity contribution in [1.82, 2.24) is 15.0 Å². The number of carboxylic acids is 1. The number of H-pyrrole nitrogens is 1. The minimum Gasteiger partial charge on any atom is -0.478 e. The zero-order valence-electron chi connectivity index (χ0n) is 9.77. The molecule has 0 saturated heterocycles. The molecular formula is C12H8ClN3O2S. The van der Waals surface area contributed by atoms with Gasteiger partial charge in [0.05, 0.1) is 21.0 Å². The van der Waals surface area contributed by atoms with Gasteiger partial charge >= 0.3 is 5.97 Å². The van der Waals surface area contributed by atoms with Crippen LogP contribution < -0.4 is 0 Å². The average molecular weight is 294 g/mol. The molecule has 19 heavy (non-hydrogen) atoms. The lowest BCUT2D eigenvalue weighted by Crippen LogP contribution is -1.97. The summed E-state index contributed by atoms with van der Waals surface area (Å²) in [5.74, 6) is -0.477. The number of nitrogens with zero attached hydrogens (tertiary/aromatic N) is 2. The Bertz CT molecular complexity index is 793. The Hall–Kier alpha value is -1.92. The minimum atomic E-state index is -1.02. The maximum atomic E-state index is 11.1. The van der Waals surface area contributed by atoms with Gasteiger partial charge in [0.25, 0.3) is 0 Å². The number of pyridine rings is 1. The molecule has 0 aliphatic carbocycles. The lowest BCUT2D eigenvalue weighted by Gasteiger charge is -1.94. The van der Waals surface area contributed by atoms with Crippen LogP contribution in [0, 0.1) is 6.92 Å². The molecule has 0 unspecified atom stereocenters. The number of halogens is 1. The smallest absolute Gasteiger partial charge is 0.338 e. The topological polar surface area (TPSA) is 78.9 Å². The average Bonchev–Trinajstić information content (AvgIpc) is 2.93. The first kappa shape index (κ1) is 12.1. The third-order valence-corrected chi connectivity index (χ3v) is 4.44. The summed E-state index contributed by atoms with van der Waals surface area (Å²) >= 11 is 7.64. The third-order valence-electron chi connectivity index (χ3n) is 2.74. The lowest BCUT2D eigenvalue weighted by molar-refractivity contribution is 0.0699. The molecule has 3 aromatic rings. The number of nitrogens with one attached hydrogen (secondary N) is 1. The van der Waals surface area contributed by atoms with Crippen LogP contribution in [-0.4, -0.2) is 26.0 Å². The number of aromatic amines is 1. The Labute approximate surface area is 116 Å². The fraction of sp³-hybridized carbons (Fsp3) is 0.0833. The van der Waals surface area contributed by atoms with Gasteiger partial charge in [-0.25, -0.2) is 14.8 Å². The van der Waals surface area contributed by atoms with Gasteiger partial charge in [0.2, 0.25) is 0 Å². The van der Waals surface area contributed by atoms with Crippen molar-refractivity contribution >= 4 is 40.1 Å². The van der Waals surface area contributed by atoms with E-state index >= 15 is 0 Å². The first-order chi connectivity index (χ1) is 9.08. The van der Waals surface area contributed by atoms with Crippen molar-refractivity contribution in [2.75, 3.05) is 0 Å². The highest BCUT2D eigenvalue weighted by molar-refractivity contribution is 7.14. The minimum absolute atomic E-state index is 0.146. The van der Waals surface area contributed by atoms with Crippen molar-refractivity contribution < 1.29 is 9.90 Å².